The molecular formula is C22H27FN2O4. The summed E-state index contributed by atoms with van der Waals surface area (Å²) in [6, 6.07) is 12.1. The Bertz CT molecular complexity index is 793. The Balaban J connectivity index is 2.15. The highest BCUT2D eigenvalue weighted by molar-refractivity contribution is 5.88. The second-order valence-electron chi connectivity index (χ2n) is 6.43. The van der Waals surface area contributed by atoms with E-state index >= 15 is 0 Å². The Kier molecular flexibility index (Phi) is 8.45. The molecule has 0 aliphatic rings. The van der Waals surface area contributed by atoms with Gasteiger partial charge < -0.3 is 19.7 Å². The normalized spacial score (nSPS) is 11.4. The van der Waals surface area contributed by atoms with Crippen molar-refractivity contribution in [3.8, 4) is 11.5 Å². The Morgan fingerprint density at radius 2 is 1.66 bits per heavy atom. The first-order valence-corrected chi connectivity index (χ1v) is 9.56. The molecule has 0 aliphatic heterocycles. The van der Waals surface area contributed by atoms with Crippen molar-refractivity contribution in [1.29, 1.82) is 0 Å². The van der Waals surface area contributed by atoms with Crippen molar-refractivity contribution in [3.63, 3.8) is 0 Å². The maximum Gasteiger partial charge on any atom is 0.261 e. The molecule has 2 rings (SSSR count). The van der Waals surface area contributed by atoms with Crippen molar-refractivity contribution >= 4 is 11.8 Å². The predicted molar refractivity (Wildman–Crippen MR) is 108 cm³/mol. The SMILES string of the molecule is CCNC(=O)[C@@H](CC)N(Cc1ccc(F)cc1)C(=O)COc1ccc(OC)cc1. The number of nitrogens with one attached hydrogen (secondary N) is 1. The molecule has 2 aromatic carbocycles. The van der Waals surface area contributed by atoms with Gasteiger partial charge in [0, 0.05) is 13.1 Å². The van der Waals surface area contributed by atoms with Crippen LogP contribution in [0.3, 0.4) is 0 Å². The van der Waals surface area contributed by atoms with E-state index < -0.39 is 6.04 Å². The van der Waals surface area contributed by atoms with Gasteiger partial charge in [0.1, 0.15) is 23.4 Å². The molecule has 0 saturated carbocycles. The number of ether oxygens (including phenoxy) is 2. The number of amides is 2. The molecule has 0 aliphatic carbocycles. The first kappa shape index (κ1) is 22.2. The van der Waals surface area contributed by atoms with Crippen LogP contribution in [0.1, 0.15) is 25.8 Å². The zero-order chi connectivity index (χ0) is 21.2. The minimum absolute atomic E-state index is 0.181. The number of hydrogen-bond acceptors (Lipinski definition) is 4. The highest BCUT2D eigenvalue weighted by Gasteiger charge is 2.28. The van der Waals surface area contributed by atoms with Crippen LogP contribution in [0.25, 0.3) is 0 Å². The molecule has 0 spiro atoms. The zero-order valence-corrected chi connectivity index (χ0v) is 17.0. The van der Waals surface area contributed by atoms with Crippen molar-refractivity contribution < 1.29 is 23.5 Å². The van der Waals surface area contributed by atoms with Crippen LogP contribution in [-0.2, 0) is 16.1 Å². The summed E-state index contributed by atoms with van der Waals surface area (Å²) in [5.74, 6) is 0.291. The maximum atomic E-state index is 13.2. The smallest absolute Gasteiger partial charge is 0.261 e. The number of rotatable bonds is 10. The van der Waals surface area contributed by atoms with E-state index in [-0.39, 0.29) is 30.8 Å². The van der Waals surface area contributed by atoms with Crippen molar-refractivity contribution in [2.75, 3.05) is 20.3 Å². The minimum atomic E-state index is -0.646. The van der Waals surface area contributed by atoms with Crippen molar-refractivity contribution in [3.05, 3.63) is 59.9 Å². The summed E-state index contributed by atoms with van der Waals surface area (Å²) in [6.45, 7) is 4.10. The number of hydrogen-bond donors (Lipinski definition) is 1. The van der Waals surface area contributed by atoms with E-state index in [2.05, 4.69) is 5.32 Å². The van der Waals surface area contributed by atoms with Gasteiger partial charge in [-0.05, 0) is 55.3 Å². The van der Waals surface area contributed by atoms with Crippen LogP contribution in [0.4, 0.5) is 4.39 Å². The molecule has 6 nitrogen and oxygen atoms in total. The van der Waals surface area contributed by atoms with Crippen LogP contribution in [-0.4, -0.2) is 43.0 Å². The molecule has 0 saturated heterocycles. The monoisotopic (exact) mass is 402 g/mol. The lowest BCUT2D eigenvalue weighted by molar-refractivity contribution is -0.142. The van der Waals surface area contributed by atoms with Gasteiger partial charge in [-0.25, -0.2) is 4.39 Å². The van der Waals surface area contributed by atoms with Crippen LogP contribution >= 0.6 is 0 Å². The molecule has 0 fully saturated rings. The van der Waals surface area contributed by atoms with Crippen LogP contribution in [0, 0.1) is 5.82 Å². The Hall–Kier alpha value is -3.09. The maximum absolute atomic E-state index is 13.2. The highest BCUT2D eigenvalue weighted by atomic mass is 19.1. The molecular weight excluding hydrogens is 375 g/mol. The first-order chi connectivity index (χ1) is 14.0. The molecule has 1 atom stereocenters. The van der Waals surface area contributed by atoms with E-state index in [4.69, 9.17) is 9.47 Å². The first-order valence-electron chi connectivity index (χ1n) is 9.56. The Morgan fingerprint density at radius 1 is 1.03 bits per heavy atom. The third-order valence-electron chi connectivity index (χ3n) is 4.42. The molecule has 0 bridgehead atoms. The lowest BCUT2D eigenvalue weighted by Gasteiger charge is -2.30. The number of benzene rings is 2. The number of halogens is 1. The van der Waals surface area contributed by atoms with Crippen molar-refractivity contribution in [2.24, 2.45) is 0 Å². The molecule has 0 heterocycles. The molecule has 29 heavy (non-hydrogen) atoms. The summed E-state index contributed by atoms with van der Waals surface area (Å²) in [5, 5.41) is 2.77. The topological polar surface area (TPSA) is 67.9 Å². The second kappa shape index (κ2) is 11.0. The summed E-state index contributed by atoms with van der Waals surface area (Å²) in [5.41, 5.74) is 0.729. The van der Waals surface area contributed by atoms with Gasteiger partial charge in [0.15, 0.2) is 6.61 Å². The molecule has 2 aromatic rings. The van der Waals surface area contributed by atoms with Crippen LogP contribution < -0.4 is 14.8 Å². The van der Waals surface area contributed by atoms with Crippen molar-refractivity contribution in [1.82, 2.24) is 10.2 Å². The third-order valence-corrected chi connectivity index (χ3v) is 4.42. The van der Waals surface area contributed by atoms with E-state index in [0.717, 1.165) is 5.56 Å². The van der Waals surface area contributed by atoms with Gasteiger partial charge in [-0.1, -0.05) is 19.1 Å². The van der Waals surface area contributed by atoms with Gasteiger partial charge in [0.05, 0.1) is 7.11 Å². The molecule has 156 valence electrons. The largest absolute Gasteiger partial charge is 0.497 e. The highest BCUT2D eigenvalue weighted by Crippen LogP contribution is 2.18. The Labute approximate surface area is 170 Å². The average molecular weight is 402 g/mol. The average Bonchev–Trinajstić information content (AvgIpc) is 2.73. The summed E-state index contributed by atoms with van der Waals surface area (Å²) >= 11 is 0. The van der Waals surface area contributed by atoms with E-state index in [1.54, 1.807) is 43.5 Å². The summed E-state index contributed by atoms with van der Waals surface area (Å²) in [6.07, 6.45) is 0.446. The number of nitrogens with zero attached hydrogens (tertiary/aromatic N) is 1. The lowest BCUT2D eigenvalue weighted by atomic mass is 10.1. The minimum Gasteiger partial charge on any atom is -0.497 e. The number of carbonyl (C=O) groups is 2. The molecule has 0 radical (unpaired) electrons. The summed E-state index contributed by atoms with van der Waals surface area (Å²) in [7, 11) is 1.57. The van der Waals surface area contributed by atoms with Gasteiger partial charge >= 0.3 is 0 Å². The molecule has 2 amide bonds. The fraction of sp³-hybridized carbons (Fsp3) is 0.364. The molecule has 1 N–H and O–H groups in total. The number of likely N-dealkylation sites (N-methyl/N-ethyl adjacent to an activating group) is 1. The third kappa shape index (κ3) is 6.48. The quantitative estimate of drug-likeness (QED) is 0.663. The predicted octanol–water partition coefficient (Wildman–Crippen LogP) is 3.16. The summed E-state index contributed by atoms with van der Waals surface area (Å²) < 4.78 is 23.9. The molecule has 7 heteroatoms. The second-order valence-corrected chi connectivity index (χ2v) is 6.43. The number of methoxy groups -OCH3 is 1. The zero-order valence-electron chi connectivity index (χ0n) is 17.0. The van der Waals surface area contributed by atoms with Crippen LogP contribution in [0.2, 0.25) is 0 Å². The van der Waals surface area contributed by atoms with Gasteiger partial charge in [-0.2, -0.15) is 0 Å². The van der Waals surface area contributed by atoms with Gasteiger partial charge in [0.2, 0.25) is 5.91 Å². The number of carbonyl (C=O) groups excluding carboxylic acids is 2. The van der Waals surface area contributed by atoms with Gasteiger partial charge in [-0.3, -0.25) is 9.59 Å². The fourth-order valence-corrected chi connectivity index (χ4v) is 2.90. The summed E-state index contributed by atoms with van der Waals surface area (Å²) in [4.78, 5) is 26.9. The standard InChI is InChI=1S/C22H27FN2O4/c1-4-20(22(27)24-5-2)25(14-16-6-8-17(23)9-7-16)21(26)15-29-19-12-10-18(28-3)11-13-19/h6-13,20H,4-5,14-15H2,1-3H3,(H,24,27)/t20-/m1/s1. The van der Waals surface area contributed by atoms with E-state index in [1.807, 2.05) is 13.8 Å². The van der Waals surface area contributed by atoms with Crippen LogP contribution in [0.15, 0.2) is 48.5 Å². The van der Waals surface area contributed by atoms with E-state index in [1.165, 1.54) is 17.0 Å². The van der Waals surface area contributed by atoms with E-state index in [0.29, 0.717) is 24.5 Å². The van der Waals surface area contributed by atoms with Gasteiger partial charge in [-0.15, -0.1) is 0 Å². The van der Waals surface area contributed by atoms with Gasteiger partial charge in [0.25, 0.3) is 5.91 Å². The molecule has 0 aromatic heterocycles. The van der Waals surface area contributed by atoms with Crippen molar-refractivity contribution in [2.45, 2.75) is 32.9 Å². The van der Waals surface area contributed by atoms with Crippen LogP contribution in [0.5, 0.6) is 11.5 Å². The van der Waals surface area contributed by atoms with E-state index in [9.17, 15) is 14.0 Å². The Morgan fingerprint density at radius 3 is 2.21 bits per heavy atom. The lowest BCUT2D eigenvalue weighted by Crippen LogP contribution is -2.50. The fourth-order valence-electron chi connectivity index (χ4n) is 2.90. The molecule has 0 unspecified atom stereocenters.